The third-order valence-electron chi connectivity index (χ3n) is 2.78. The van der Waals surface area contributed by atoms with E-state index in [9.17, 15) is 0 Å². The summed E-state index contributed by atoms with van der Waals surface area (Å²) in [6.07, 6.45) is 3.58. The highest BCUT2D eigenvalue weighted by molar-refractivity contribution is 7.07. The average molecular weight is 277 g/mol. The molecule has 0 aliphatic heterocycles. The molecule has 2 N–H and O–H groups in total. The molecule has 2 aromatic heterocycles. The van der Waals surface area contributed by atoms with Gasteiger partial charge in [-0.05, 0) is 13.3 Å². The zero-order chi connectivity index (χ0) is 13.5. The predicted octanol–water partition coefficient (Wildman–Crippen LogP) is 2.72. The first-order chi connectivity index (χ1) is 9.31. The molecule has 0 fully saturated rings. The predicted molar refractivity (Wildman–Crippen MR) is 79.9 cm³/mol. The summed E-state index contributed by atoms with van der Waals surface area (Å²) >= 11 is 1.63. The fourth-order valence-corrected chi connectivity index (χ4v) is 2.31. The van der Waals surface area contributed by atoms with Gasteiger partial charge in [0.15, 0.2) is 0 Å². The smallest absolute Gasteiger partial charge is 0.134 e. The minimum absolute atomic E-state index is 0.828. The first kappa shape index (κ1) is 13.7. The van der Waals surface area contributed by atoms with Crippen LogP contribution in [0.1, 0.15) is 24.6 Å². The fraction of sp³-hybridized carbons (Fsp3) is 0.462. The van der Waals surface area contributed by atoms with Gasteiger partial charge in [-0.3, -0.25) is 0 Å². The van der Waals surface area contributed by atoms with Crippen LogP contribution < -0.4 is 10.6 Å². The number of nitrogens with one attached hydrogen (secondary N) is 2. The van der Waals surface area contributed by atoms with Crippen LogP contribution in [-0.4, -0.2) is 28.0 Å². The van der Waals surface area contributed by atoms with E-state index in [0.717, 1.165) is 48.8 Å². The Labute approximate surface area is 117 Å². The van der Waals surface area contributed by atoms with Crippen molar-refractivity contribution in [3.05, 3.63) is 28.5 Å². The topological polar surface area (TPSA) is 62.7 Å². The molecular formula is C13H19N5S. The number of rotatable bonds is 7. The number of thiazole rings is 1. The van der Waals surface area contributed by atoms with E-state index in [1.807, 2.05) is 12.4 Å². The van der Waals surface area contributed by atoms with Crippen molar-refractivity contribution in [3.63, 3.8) is 0 Å². The van der Waals surface area contributed by atoms with E-state index in [-0.39, 0.29) is 0 Å². The Balaban J connectivity index is 1.92. The van der Waals surface area contributed by atoms with Gasteiger partial charge in [0.1, 0.15) is 18.0 Å². The monoisotopic (exact) mass is 277 g/mol. The van der Waals surface area contributed by atoms with Gasteiger partial charge in [-0.15, -0.1) is 11.3 Å². The van der Waals surface area contributed by atoms with Crippen LogP contribution in [0.25, 0.3) is 0 Å². The number of nitrogens with zero attached hydrogens (tertiary/aromatic N) is 3. The summed E-state index contributed by atoms with van der Waals surface area (Å²) in [5.74, 6) is 1.80. The Morgan fingerprint density at radius 3 is 2.47 bits per heavy atom. The minimum atomic E-state index is 0.828. The lowest BCUT2D eigenvalue weighted by molar-refractivity contribution is 0.944. The van der Waals surface area contributed by atoms with E-state index in [0.29, 0.717) is 0 Å². The molecule has 0 saturated carbocycles. The third-order valence-corrected chi connectivity index (χ3v) is 3.42. The van der Waals surface area contributed by atoms with Crippen molar-refractivity contribution >= 4 is 23.0 Å². The summed E-state index contributed by atoms with van der Waals surface area (Å²) in [7, 11) is 0. The maximum absolute atomic E-state index is 4.29. The summed E-state index contributed by atoms with van der Waals surface area (Å²) < 4.78 is 0. The van der Waals surface area contributed by atoms with Gasteiger partial charge >= 0.3 is 0 Å². The zero-order valence-electron chi connectivity index (χ0n) is 11.3. The number of hydrogen-bond donors (Lipinski definition) is 2. The maximum atomic E-state index is 4.29. The highest BCUT2D eigenvalue weighted by Crippen LogP contribution is 2.18. The van der Waals surface area contributed by atoms with E-state index in [1.165, 1.54) is 0 Å². The lowest BCUT2D eigenvalue weighted by Crippen LogP contribution is -2.11. The van der Waals surface area contributed by atoms with Crippen molar-refractivity contribution in [3.8, 4) is 0 Å². The quantitative estimate of drug-likeness (QED) is 0.814. The SMILES string of the molecule is CCCNc1ncnc(NCCc2cscn2)c1C. The summed E-state index contributed by atoms with van der Waals surface area (Å²) in [6.45, 7) is 5.92. The normalized spacial score (nSPS) is 10.4. The van der Waals surface area contributed by atoms with Crippen molar-refractivity contribution in [1.82, 2.24) is 15.0 Å². The largest absolute Gasteiger partial charge is 0.370 e. The minimum Gasteiger partial charge on any atom is -0.370 e. The molecule has 0 aliphatic carbocycles. The molecule has 6 heteroatoms. The van der Waals surface area contributed by atoms with Crippen LogP contribution in [0.15, 0.2) is 17.2 Å². The molecule has 102 valence electrons. The zero-order valence-corrected chi connectivity index (χ0v) is 12.1. The van der Waals surface area contributed by atoms with Crippen molar-refractivity contribution in [2.45, 2.75) is 26.7 Å². The molecule has 0 saturated heterocycles. The first-order valence-corrected chi connectivity index (χ1v) is 7.42. The molecule has 2 aromatic rings. The van der Waals surface area contributed by atoms with Crippen LogP contribution in [0.2, 0.25) is 0 Å². The number of hydrogen-bond acceptors (Lipinski definition) is 6. The molecule has 0 aromatic carbocycles. The van der Waals surface area contributed by atoms with E-state index in [1.54, 1.807) is 17.7 Å². The van der Waals surface area contributed by atoms with Gasteiger partial charge in [-0.2, -0.15) is 0 Å². The first-order valence-electron chi connectivity index (χ1n) is 6.47. The molecule has 0 amide bonds. The molecule has 19 heavy (non-hydrogen) atoms. The second-order valence-electron chi connectivity index (χ2n) is 4.28. The molecule has 0 radical (unpaired) electrons. The van der Waals surface area contributed by atoms with Gasteiger partial charge in [0.05, 0.1) is 11.2 Å². The molecule has 0 atom stereocenters. The summed E-state index contributed by atoms with van der Waals surface area (Å²) in [5.41, 5.74) is 4.04. The van der Waals surface area contributed by atoms with Crippen LogP contribution >= 0.6 is 11.3 Å². The van der Waals surface area contributed by atoms with Crippen molar-refractivity contribution < 1.29 is 0 Å². The lowest BCUT2D eigenvalue weighted by atomic mass is 10.3. The highest BCUT2D eigenvalue weighted by atomic mass is 32.1. The molecule has 0 bridgehead atoms. The number of anilines is 2. The van der Waals surface area contributed by atoms with Gasteiger partial charge in [0, 0.05) is 30.5 Å². The van der Waals surface area contributed by atoms with E-state index in [2.05, 4.69) is 37.9 Å². The Morgan fingerprint density at radius 1 is 1.11 bits per heavy atom. The van der Waals surface area contributed by atoms with Crippen molar-refractivity contribution in [2.75, 3.05) is 23.7 Å². The standard InChI is InChI=1S/C13H19N5S/c1-3-5-14-12-10(2)13(17-8-16-12)15-6-4-11-7-19-9-18-11/h7-9H,3-6H2,1-2H3,(H2,14,15,16,17). The Hall–Kier alpha value is -1.69. The van der Waals surface area contributed by atoms with Crippen LogP contribution in [0.5, 0.6) is 0 Å². The highest BCUT2D eigenvalue weighted by Gasteiger charge is 2.06. The molecule has 2 heterocycles. The van der Waals surface area contributed by atoms with E-state index >= 15 is 0 Å². The molecule has 2 rings (SSSR count). The Bertz CT molecular complexity index is 498. The molecular weight excluding hydrogens is 258 g/mol. The third kappa shape index (κ3) is 3.89. The van der Waals surface area contributed by atoms with Gasteiger partial charge in [0.2, 0.25) is 0 Å². The van der Waals surface area contributed by atoms with Crippen LogP contribution in [0.4, 0.5) is 11.6 Å². The Kier molecular flexibility index (Phi) is 5.09. The average Bonchev–Trinajstić information content (AvgIpc) is 2.92. The van der Waals surface area contributed by atoms with Gasteiger partial charge in [0.25, 0.3) is 0 Å². The molecule has 0 unspecified atom stereocenters. The van der Waals surface area contributed by atoms with E-state index < -0.39 is 0 Å². The van der Waals surface area contributed by atoms with Gasteiger partial charge in [-0.25, -0.2) is 15.0 Å². The van der Waals surface area contributed by atoms with Crippen molar-refractivity contribution in [2.24, 2.45) is 0 Å². The lowest BCUT2D eigenvalue weighted by Gasteiger charge is -2.12. The second-order valence-corrected chi connectivity index (χ2v) is 5.00. The van der Waals surface area contributed by atoms with Gasteiger partial charge < -0.3 is 10.6 Å². The fourth-order valence-electron chi connectivity index (χ4n) is 1.72. The second kappa shape index (κ2) is 7.04. The molecule has 0 spiro atoms. The van der Waals surface area contributed by atoms with Crippen LogP contribution in [-0.2, 0) is 6.42 Å². The molecule has 0 aliphatic rings. The summed E-state index contributed by atoms with van der Waals surface area (Å²) in [4.78, 5) is 12.8. The summed E-state index contributed by atoms with van der Waals surface area (Å²) in [5, 5.41) is 8.72. The van der Waals surface area contributed by atoms with E-state index in [4.69, 9.17) is 0 Å². The van der Waals surface area contributed by atoms with Gasteiger partial charge in [-0.1, -0.05) is 6.92 Å². The van der Waals surface area contributed by atoms with Crippen LogP contribution in [0.3, 0.4) is 0 Å². The van der Waals surface area contributed by atoms with Crippen LogP contribution in [0, 0.1) is 6.92 Å². The maximum Gasteiger partial charge on any atom is 0.134 e. The Morgan fingerprint density at radius 2 is 1.84 bits per heavy atom. The molecule has 5 nitrogen and oxygen atoms in total. The number of aromatic nitrogens is 3. The summed E-state index contributed by atoms with van der Waals surface area (Å²) in [6, 6.07) is 0. The van der Waals surface area contributed by atoms with Crippen molar-refractivity contribution in [1.29, 1.82) is 0 Å².